The first kappa shape index (κ1) is 14.6. The maximum absolute atomic E-state index is 11.9. The molecule has 2 aliphatic rings. The van der Waals surface area contributed by atoms with Crippen molar-refractivity contribution in [3.8, 4) is 0 Å². The molecule has 0 aromatic carbocycles. The first-order chi connectivity index (χ1) is 8.57. The molecule has 1 atom stereocenters. The summed E-state index contributed by atoms with van der Waals surface area (Å²) in [6.45, 7) is 4.86. The zero-order valence-corrected chi connectivity index (χ0v) is 12.5. The molecule has 0 aromatic rings. The lowest BCUT2D eigenvalue weighted by atomic mass is 10.2. The van der Waals surface area contributed by atoms with Crippen molar-refractivity contribution in [3.05, 3.63) is 0 Å². The predicted molar refractivity (Wildman–Crippen MR) is 74.5 cm³/mol. The molecule has 0 bridgehead atoms. The van der Waals surface area contributed by atoms with Crippen molar-refractivity contribution < 1.29 is 13.2 Å². The predicted octanol–water partition coefficient (Wildman–Crippen LogP) is 0.0857. The number of rotatable bonds is 3. The topological polar surface area (TPSA) is 49.9 Å². The van der Waals surface area contributed by atoms with Gasteiger partial charge in [0.25, 0.3) is 0 Å². The molecule has 18 heavy (non-hydrogen) atoms. The van der Waals surface area contributed by atoms with E-state index in [-0.39, 0.29) is 6.04 Å². The summed E-state index contributed by atoms with van der Waals surface area (Å²) >= 11 is 1.87. The maximum Gasteiger partial charge on any atom is 0.211 e. The number of hydrogen-bond donors (Lipinski definition) is 0. The van der Waals surface area contributed by atoms with Crippen molar-refractivity contribution in [2.45, 2.75) is 12.5 Å². The van der Waals surface area contributed by atoms with E-state index in [9.17, 15) is 8.42 Å². The van der Waals surface area contributed by atoms with Gasteiger partial charge in [-0.3, -0.25) is 4.90 Å². The zero-order chi connectivity index (χ0) is 13.0. The van der Waals surface area contributed by atoms with Crippen molar-refractivity contribution in [3.63, 3.8) is 0 Å². The third-order valence-corrected chi connectivity index (χ3v) is 5.91. The summed E-state index contributed by atoms with van der Waals surface area (Å²) in [7, 11) is -3.09. The molecule has 0 aromatic heterocycles. The molecule has 0 spiro atoms. The standard InChI is InChI=1S/C11H22N2O3S2/c1-18(14,15)13-3-2-8-17-10-11(13)9-12-4-6-16-7-5-12/h11H,2-10H2,1H3/t11-/m1/s1. The summed E-state index contributed by atoms with van der Waals surface area (Å²) in [6.07, 6.45) is 2.28. The minimum atomic E-state index is -3.09. The lowest BCUT2D eigenvalue weighted by Crippen LogP contribution is -2.50. The number of hydrogen-bond acceptors (Lipinski definition) is 5. The van der Waals surface area contributed by atoms with Crippen LogP contribution in [0.3, 0.4) is 0 Å². The van der Waals surface area contributed by atoms with Crippen molar-refractivity contribution in [2.24, 2.45) is 0 Å². The Morgan fingerprint density at radius 2 is 2.00 bits per heavy atom. The van der Waals surface area contributed by atoms with Crippen LogP contribution in [0.25, 0.3) is 0 Å². The van der Waals surface area contributed by atoms with Gasteiger partial charge in [-0.05, 0) is 12.2 Å². The van der Waals surface area contributed by atoms with E-state index in [4.69, 9.17) is 4.74 Å². The van der Waals surface area contributed by atoms with E-state index in [0.29, 0.717) is 6.54 Å². The second-order valence-electron chi connectivity index (χ2n) is 4.87. The van der Waals surface area contributed by atoms with Crippen LogP contribution in [0.4, 0.5) is 0 Å². The Balaban J connectivity index is 2.01. The Bertz CT molecular complexity index is 355. The van der Waals surface area contributed by atoms with Crippen LogP contribution >= 0.6 is 11.8 Å². The number of ether oxygens (including phenoxy) is 1. The van der Waals surface area contributed by atoms with E-state index in [0.717, 1.165) is 50.8 Å². The van der Waals surface area contributed by atoms with Crippen molar-refractivity contribution in [2.75, 3.05) is 57.2 Å². The Kier molecular flexibility index (Phi) is 5.32. The first-order valence-corrected chi connectivity index (χ1v) is 9.42. The maximum atomic E-state index is 11.9. The number of nitrogens with zero attached hydrogens (tertiary/aromatic N) is 2. The van der Waals surface area contributed by atoms with Gasteiger partial charge in [0.05, 0.1) is 19.5 Å². The Morgan fingerprint density at radius 1 is 1.28 bits per heavy atom. The van der Waals surface area contributed by atoms with E-state index >= 15 is 0 Å². The van der Waals surface area contributed by atoms with Gasteiger partial charge in [0.15, 0.2) is 0 Å². The van der Waals surface area contributed by atoms with Crippen LogP contribution in [-0.4, -0.2) is 80.8 Å². The van der Waals surface area contributed by atoms with Crippen LogP contribution in [0.5, 0.6) is 0 Å². The van der Waals surface area contributed by atoms with Crippen LogP contribution in [0, 0.1) is 0 Å². The average Bonchev–Trinajstić information content (AvgIpc) is 2.55. The zero-order valence-electron chi connectivity index (χ0n) is 10.9. The molecule has 0 amide bonds. The molecular weight excluding hydrogens is 272 g/mol. The molecule has 0 radical (unpaired) electrons. The van der Waals surface area contributed by atoms with Crippen LogP contribution in [-0.2, 0) is 14.8 Å². The summed E-state index contributed by atoms with van der Waals surface area (Å²) in [5, 5.41) is 0. The van der Waals surface area contributed by atoms with Crippen molar-refractivity contribution in [1.29, 1.82) is 0 Å². The van der Waals surface area contributed by atoms with Gasteiger partial charge in [0.2, 0.25) is 10.0 Å². The summed E-state index contributed by atoms with van der Waals surface area (Å²) in [5.74, 6) is 1.97. The molecule has 106 valence electrons. The number of morpholine rings is 1. The summed E-state index contributed by atoms with van der Waals surface area (Å²) in [4.78, 5) is 2.32. The van der Waals surface area contributed by atoms with Crippen molar-refractivity contribution in [1.82, 2.24) is 9.21 Å². The highest BCUT2D eigenvalue weighted by atomic mass is 32.2. The van der Waals surface area contributed by atoms with E-state index in [2.05, 4.69) is 4.90 Å². The fourth-order valence-corrected chi connectivity index (χ4v) is 4.76. The highest BCUT2D eigenvalue weighted by molar-refractivity contribution is 7.99. The highest BCUT2D eigenvalue weighted by Gasteiger charge is 2.30. The minimum absolute atomic E-state index is 0.116. The molecular formula is C11H22N2O3S2. The molecule has 0 saturated carbocycles. The quantitative estimate of drug-likeness (QED) is 0.738. The van der Waals surface area contributed by atoms with Gasteiger partial charge in [0, 0.05) is 38.0 Å². The Labute approximate surface area is 114 Å². The van der Waals surface area contributed by atoms with Gasteiger partial charge in [-0.15, -0.1) is 0 Å². The minimum Gasteiger partial charge on any atom is -0.379 e. The molecule has 0 aliphatic carbocycles. The molecule has 2 aliphatic heterocycles. The van der Waals surface area contributed by atoms with E-state index in [1.165, 1.54) is 6.26 Å². The summed E-state index contributed by atoms with van der Waals surface area (Å²) < 4.78 is 30.8. The monoisotopic (exact) mass is 294 g/mol. The normalized spacial score (nSPS) is 29.1. The van der Waals surface area contributed by atoms with Crippen molar-refractivity contribution >= 4 is 21.8 Å². The van der Waals surface area contributed by atoms with Crippen LogP contribution in [0.1, 0.15) is 6.42 Å². The average molecular weight is 294 g/mol. The van der Waals surface area contributed by atoms with Crippen LogP contribution in [0.15, 0.2) is 0 Å². The molecule has 0 N–H and O–H groups in total. The van der Waals surface area contributed by atoms with Crippen LogP contribution < -0.4 is 0 Å². The van der Waals surface area contributed by atoms with Crippen LogP contribution in [0.2, 0.25) is 0 Å². The SMILES string of the molecule is CS(=O)(=O)N1CCCSC[C@H]1CN1CCOCC1. The smallest absolute Gasteiger partial charge is 0.211 e. The van der Waals surface area contributed by atoms with Gasteiger partial charge < -0.3 is 4.74 Å². The third-order valence-electron chi connectivity index (χ3n) is 3.38. The second kappa shape index (κ2) is 6.56. The summed E-state index contributed by atoms with van der Waals surface area (Å²) in [5.41, 5.74) is 0. The molecule has 2 heterocycles. The molecule has 2 fully saturated rings. The number of sulfonamides is 1. The largest absolute Gasteiger partial charge is 0.379 e. The van der Waals surface area contributed by atoms with E-state index < -0.39 is 10.0 Å². The fraction of sp³-hybridized carbons (Fsp3) is 1.00. The lowest BCUT2D eigenvalue weighted by Gasteiger charge is -2.34. The highest BCUT2D eigenvalue weighted by Crippen LogP contribution is 2.20. The number of thioether (sulfide) groups is 1. The summed E-state index contributed by atoms with van der Waals surface area (Å²) in [6, 6.07) is 0.116. The Hall–Kier alpha value is 0.180. The van der Waals surface area contributed by atoms with Gasteiger partial charge in [-0.25, -0.2) is 8.42 Å². The molecule has 0 unspecified atom stereocenters. The molecule has 5 nitrogen and oxygen atoms in total. The molecule has 2 saturated heterocycles. The third kappa shape index (κ3) is 4.09. The van der Waals surface area contributed by atoms with E-state index in [1.54, 1.807) is 4.31 Å². The van der Waals surface area contributed by atoms with Gasteiger partial charge >= 0.3 is 0 Å². The Morgan fingerprint density at radius 3 is 2.67 bits per heavy atom. The fourth-order valence-electron chi connectivity index (χ4n) is 2.47. The van der Waals surface area contributed by atoms with Gasteiger partial charge in [-0.1, -0.05) is 0 Å². The molecule has 2 rings (SSSR count). The second-order valence-corrected chi connectivity index (χ2v) is 7.95. The van der Waals surface area contributed by atoms with E-state index in [1.807, 2.05) is 11.8 Å². The molecule has 7 heteroatoms. The first-order valence-electron chi connectivity index (χ1n) is 6.42. The lowest BCUT2D eigenvalue weighted by molar-refractivity contribution is 0.0309. The van der Waals surface area contributed by atoms with Gasteiger partial charge in [0.1, 0.15) is 0 Å². The van der Waals surface area contributed by atoms with Gasteiger partial charge in [-0.2, -0.15) is 16.1 Å².